The third-order valence-electron chi connectivity index (χ3n) is 14.9. The quantitative estimate of drug-likeness (QED) is 0.154. The van der Waals surface area contributed by atoms with E-state index in [0.29, 0.717) is 0 Å². The number of allylic oxidation sites excluding steroid dienone is 2. The van der Waals surface area contributed by atoms with E-state index in [0.717, 1.165) is 33.9 Å². The number of hydrogen-bond donors (Lipinski definition) is 0. The van der Waals surface area contributed by atoms with Crippen molar-refractivity contribution < 1.29 is 4.74 Å². The number of ether oxygens (including phenoxy) is 1. The molecule has 4 heteroatoms. The van der Waals surface area contributed by atoms with Crippen molar-refractivity contribution >= 4 is 107 Å². The lowest BCUT2D eigenvalue weighted by atomic mass is 9.84. The van der Waals surface area contributed by atoms with Crippen LogP contribution in [0.3, 0.4) is 0 Å². The largest absolute Gasteiger partial charge is 0.482 e. The van der Waals surface area contributed by atoms with Crippen LogP contribution < -0.4 is 9.64 Å². The molecule has 15 rings (SSSR count). The van der Waals surface area contributed by atoms with E-state index in [1.54, 1.807) is 0 Å². The minimum absolute atomic E-state index is 0.0230. The maximum absolute atomic E-state index is 7.39. The van der Waals surface area contributed by atoms with Gasteiger partial charge in [0.05, 0.1) is 11.1 Å². The van der Waals surface area contributed by atoms with Gasteiger partial charge in [0.1, 0.15) is 11.9 Å². The molecule has 1 aliphatic heterocycles. The normalized spacial score (nSPS) is 15.3. The van der Waals surface area contributed by atoms with Crippen molar-refractivity contribution in [3.8, 4) is 39.1 Å². The highest BCUT2D eigenvalue weighted by atomic mass is 32.1. The van der Waals surface area contributed by atoms with E-state index in [9.17, 15) is 0 Å². The molecule has 11 aromatic carbocycles. The smallest absolute Gasteiger partial charge is 0.187 e. The first-order chi connectivity index (χ1) is 34.7. The van der Waals surface area contributed by atoms with Crippen LogP contribution in [0.2, 0.25) is 0 Å². The predicted molar refractivity (Wildman–Crippen MR) is 302 cm³/mol. The standard InChI is InChI=1S/C66H41NOS2/c1-2-13-40(14-3-1)56-39-45-17-6-9-20-50(45)62-53-23-12-26-57(63(53)68-64(56)62)67(46-33-27-43(28-34-46)51-21-10-24-54-60-48-18-7-4-15-41(48)31-37-58(60)69-65(51)54)47-35-29-44(30-36-47)52-22-11-25-55-61-49-19-8-5-16-42(49)32-38-59(61)70-66(52)55/h1-39,53,63H/p+1. The van der Waals surface area contributed by atoms with Crippen LogP contribution in [0.1, 0.15) is 11.5 Å². The fourth-order valence-electron chi connectivity index (χ4n) is 11.7. The lowest BCUT2D eigenvalue weighted by molar-refractivity contribution is 0.254. The Morgan fingerprint density at radius 1 is 0.457 bits per heavy atom. The Hall–Kier alpha value is -8.28. The van der Waals surface area contributed by atoms with Gasteiger partial charge < -0.3 is 9.64 Å². The fourth-order valence-corrected chi connectivity index (χ4v) is 14.3. The summed E-state index contributed by atoms with van der Waals surface area (Å²) in [5, 5.41) is 13.0. The molecule has 3 heterocycles. The van der Waals surface area contributed by atoms with E-state index >= 15 is 0 Å². The monoisotopic (exact) mass is 928 g/mol. The van der Waals surface area contributed by atoms with E-state index < -0.39 is 0 Å². The molecule has 0 saturated carbocycles. The van der Waals surface area contributed by atoms with Gasteiger partial charge in [0.25, 0.3) is 0 Å². The van der Waals surface area contributed by atoms with Gasteiger partial charge in [-0.05, 0) is 133 Å². The van der Waals surface area contributed by atoms with Crippen molar-refractivity contribution in [2.75, 3.05) is 4.90 Å². The van der Waals surface area contributed by atoms with Crippen molar-refractivity contribution in [2.24, 2.45) is 0 Å². The number of rotatable bonds is 6. The van der Waals surface area contributed by atoms with Crippen LogP contribution in [-0.4, -0.2) is 6.10 Å². The molecule has 328 valence electrons. The number of fused-ring (bicyclic) bond motifs is 15. The van der Waals surface area contributed by atoms with Crippen molar-refractivity contribution in [3.05, 3.63) is 248 Å². The van der Waals surface area contributed by atoms with Gasteiger partial charge in [0, 0.05) is 59.5 Å². The molecule has 2 aliphatic rings. The van der Waals surface area contributed by atoms with E-state index in [4.69, 9.17) is 4.74 Å². The van der Waals surface area contributed by atoms with Crippen LogP contribution in [0.5, 0.6) is 5.75 Å². The first-order valence-electron chi connectivity index (χ1n) is 24.1. The van der Waals surface area contributed by atoms with Gasteiger partial charge in [0.15, 0.2) is 9.40 Å². The molecule has 0 saturated heterocycles. The first-order valence-corrected chi connectivity index (χ1v) is 25.8. The SMILES string of the molecule is C1=CC2c3c(c(-c4ccccc4)cc4ccccc34)OC2C(N(c2ccc(-c3cccc4c3sc3ccc5ccccc5c34)cc2)c2ccc(-c3cccc4c3[sH+]c3ccc5ccccc5c34)cc2)=C1. The summed E-state index contributed by atoms with van der Waals surface area (Å²) in [7, 11) is 0. The highest BCUT2D eigenvalue weighted by Gasteiger charge is 2.42. The molecule has 0 fully saturated rings. The molecule has 2 atom stereocenters. The van der Waals surface area contributed by atoms with Crippen molar-refractivity contribution in [1.82, 2.24) is 0 Å². The number of anilines is 2. The number of nitrogens with zero attached hydrogens (tertiary/aromatic N) is 1. The summed E-state index contributed by atoms with van der Waals surface area (Å²) in [6.45, 7) is 0. The van der Waals surface area contributed by atoms with Crippen molar-refractivity contribution in [3.63, 3.8) is 0 Å². The topological polar surface area (TPSA) is 12.5 Å². The second-order valence-electron chi connectivity index (χ2n) is 18.7. The maximum atomic E-state index is 7.39. The van der Waals surface area contributed by atoms with Gasteiger partial charge in [-0.1, -0.05) is 170 Å². The molecule has 0 amide bonds. The van der Waals surface area contributed by atoms with Gasteiger partial charge in [0.2, 0.25) is 0 Å². The molecule has 2 nitrogen and oxygen atoms in total. The van der Waals surface area contributed by atoms with E-state index in [1.165, 1.54) is 112 Å². The van der Waals surface area contributed by atoms with Crippen LogP contribution >= 0.6 is 22.7 Å². The van der Waals surface area contributed by atoms with E-state index in [2.05, 4.69) is 242 Å². The Kier molecular flexibility index (Phi) is 8.86. The highest BCUT2D eigenvalue weighted by molar-refractivity contribution is 7.27. The summed E-state index contributed by atoms with van der Waals surface area (Å²) in [5.74, 6) is 0.993. The molecule has 0 bridgehead atoms. The Morgan fingerprint density at radius 3 is 1.81 bits per heavy atom. The van der Waals surface area contributed by atoms with Crippen molar-refractivity contribution in [1.29, 1.82) is 0 Å². The summed E-state index contributed by atoms with van der Waals surface area (Å²) in [6, 6.07) is 80.6. The molecule has 1 aliphatic carbocycles. The average Bonchev–Trinajstić information content (AvgIpc) is 4.14. The summed E-state index contributed by atoms with van der Waals surface area (Å²) in [4.78, 5) is 2.44. The third kappa shape index (κ3) is 6.03. The zero-order chi connectivity index (χ0) is 45.9. The second-order valence-corrected chi connectivity index (χ2v) is 20.9. The second kappa shape index (κ2) is 15.6. The molecule has 2 unspecified atom stereocenters. The maximum Gasteiger partial charge on any atom is 0.187 e. The molecular formula is C66H42NOS2+. The van der Waals surface area contributed by atoms with Gasteiger partial charge in [-0.3, -0.25) is 0 Å². The minimum atomic E-state index is -0.251. The zero-order valence-electron chi connectivity index (χ0n) is 37.9. The third-order valence-corrected chi connectivity index (χ3v) is 17.4. The molecule has 70 heavy (non-hydrogen) atoms. The number of benzene rings is 11. The molecule has 2 aromatic heterocycles. The summed E-state index contributed by atoms with van der Waals surface area (Å²) in [6.07, 6.45) is 6.61. The zero-order valence-corrected chi connectivity index (χ0v) is 39.6. The lowest BCUT2D eigenvalue weighted by Crippen LogP contribution is -2.32. The molecule has 13 aromatic rings. The average molecular weight is 929 g/mol. The van der Waals surface area contributed by atoms with E-state index in [-0.39, 0.29) is 12.0 Å². The number of hydrogen-bond acceptors (Lipinski definition) is 3. The highest BCUT2D eigenvalue weighted by Crippen LogP contribution is 2.54. The Balaban J connectivity index is 0.868. The summed E-state index contributed by atoms with van der Waals surface area (Å²) in [5.41, 5.74) is 11.8. The molecular weight excluding hydrogens is 887 g/mol. The minimum Gasteiger partial charge on any atom is -0.482 e. The van der Waals surface area contributed by atoms with Crippen LogP contribution in [0.25, 0.3) is 106 Å². The fraction of sp³-hybridized carbons (Fsp3) is 0.0303. The number of thiophene rings is 2. The van der Waals surface area contributed by atoms with Gasteiger partial charge in [-0.25, -0.2) is 0 Å². The molecule has 0 N–H and O–H groups in total. The van der Waals surface area contributed by atoms with Crippen LogP contribution in [0, 0.1) is 0 Å². The summed E-state index contributed by atoms with van der Waals surface area (Å²) < 4.78 is 12.8. The van der Waals surface area contributed by atoms with Crippen LogP contribution in [0.15, 0.2) is 242 Å². The lowest BCUT2D eigenvalue weighted by Gasteiger charge is -2.34. The molecule has 0 radical (unpaired) electrons. The van der Waals surface area contributed by atoms with Crippen molar-refractivity contribution in [2.45, 2.75) is 12.0 Å². The Labute approximate surface area is 412 Å². The Morgan fingerprint density at radius 2 is 1.06 bits per heavy atom. The van der Waals surface area contributed by atoms with Gasteiger partial charge in [-0.2, -0.15) is 0 Å². The van der Waals surface area contributed by atoms with Crippen LogP contribution in [0.4, 0.5) is 11.4 Å². The predicted octanol–water partition coefficient (Wildman–Crippen LogP) is 18.8. The van der Waals surface area contributed by atoms with Crippen LogP contribution in [-0.2, 0) is 0 Å². The molecule has 0 spiro atoms. The van der Waals surface area contributed by atoms with Gasteiger partial charge in [-0.15, -0.1) is 11.3 Å². The van der Waals surface area contributed by atoms with E-state index in [1.807, 2.05) is 11.3 Å². The van der Waals surface area contributed by atoms with Gasteiger partial charge >= 0.3 is 0 Å². The Bertz CT molecular complexity index is 4130. The summed E-state index contributed by atoms with van der Waals surface area (Å²) >= 11 is 3.14. The first kappa shape index (κ1) is 39.7.